The lowest BCUT2D eigenvalue weighted by Gasteiger charge is -2.05. The van der Waals surface area contributed by atoms with Crippen LogP contribution in [-0.4, -0.2) is 10.5 Å². The van der Waals surface area contributed by atoms with Crippen LogP contribution in [0.5, 0.6) is 0 Å². The number of nitrogens with zero attached hydrogens (tertiary/aromatic N) is 1. The summed E-state index contributed by atoms with van der Waals surface area (Å²) >= 11 is 5.84. The monoisotopic (exact) mass is 248 g/mol. The molecule has 0 bridgehead atoms. The van der Waals surface area contributed by atoms with E-state index in [2.05, 4.69) is 0 Å². The van der Waals surface area contributed by atoms with Gasteiger partial charge in [0.2, 0.25) is 0 Å². The summed E-state index contributed by atoms with van der Waals surface area (Å²) in [6.07, 6.45) is 0. The Kier molecular flexibility index (Phi) is 2.94. The molecule has 2 N–H and O–H groups in total. The molecule has 0 saturated carbocycles. The van der Waals surface area contributed by atoms with Gasteiger partial charge in [-0.15, -0.1) is 0 Å². The lowest BCUT2D eigenvalue weighted by atomic mass is 10.1. The Hall–Kier alpha value is -1.74. The topological polar surface area (TPSA) is 48.0 Å². The zero-order valence-corrected chi connectivity index (χ0v) is 10.5. The second-order valence-corrected chi connectivity index (χ2v) is 4.40. The molecule has 0 atom stereocenters. The maximum atomic E-state index is 11.3. The van der Waals surface area contributed by atoms with Crippen molar-refractivity contribution >= 4 is 17.5 Å². The third-order valence-electron chi connectivity index (χ3n) is 2.94. The largest absolute Gasteiger partial charge is 0.366 e. The average molecular weight is 249 g/mol. The van der Waals surface area contributed by atoms with E-state index in [0.29, 0.717) is 10.6 Å². The summed E-state index contributed by atoms with van der Waals surface area (Å²) in [4.78, 5) is 11.3. The van der Waals surface area contributed by atoms with Crippen LogP contribution >= 0.6 is 11.6 Å². The van der Waals surface area contributed by atoms with Crippen LogP contribution in [0.3, 0.4) is 0 Å². The van der Waals surface area contributed by atoms with Gasteiger partial charge >= 0.3 is 0 Å². The van der Waals surface area contributed by atoms with Gasteiger partial charge in [0.15, 0.2) is 0 Å². The van der Waals surface area contributed by atoms with Gasteiger partial charge in [0.25, 0.3) is 5.91 Å². The molecule has 0 aliphatic rings. The van der Waals surface area contributed by atoms with E-state index in [1.54, 1.807) is 6.07 Å². The van der Waals surface area contributed by atoms with E-state index < -0.39 is 5.91 Å². The van der Waals surface area contributed by atoms with Gasteiger partial charge in [0.1, 0.15) is 0 Å². The minimum Gasteiger partial charge on any atom is -0.366 e. The van der Waals surface area contributed by atoms with Crippen LogP contribution in [-0.2, 0) is 7.05 Å². The van der Waals surface area contributed by atoms with Crippen molar-refractivity contribution in [1.29, 1.82) is 0 Å². The first-order valence-electron chi connectivity index (χ1n) is 5.22. The number of halogens is 1. The minimum atomic E-state index is -0.404. The second kappa shape index (κ2) is 4.26. The molecule has 3 nitrogen and oxygen atoms in total. The second-order valence-electron chi connectivity index (χ2n) is 3.96. The normalized spacial score (nSPS) is 10.5. The number of benzene rings is 1. The first-order chi connectivity index (χ1) is 8.00. The molecule has 1 amide bonds. The van der Waals surface area contributed by atoms with Crippen molar-refractivity contribution in [1.82, 2.24) is 4.57 Å². The molecule has 0 radical (unpaired) electrons. The maximum Gasteiger partial charge on any atom is 0.250 e. The summed E-state index contributed by atoms with van der Waals surface area (Å²) < 4.78 is 1.95. The zero-order valence-electron chi connectivity index (χ0n) is 9.70. The van der Waals surface area contributed by atoms with Gasteiger partial charge in [-0.1, -0.05) is 23.7 Å². The van der Waals surface area contributed by atoms with E-state index in [1.807, 2.05) is 42.8 Å². The van der Waals surface area contributed by atoms with Gasteiger partial charge < -0.3 is 10.3 Å². The van der Waals surface area contributed by atoms with E-state index >= 15 is 0 Å². The number of carbonyl (C=O) groups excluding carboxylic acids is 1. The number of amides is 1. The molecule has 2 rings (SSSR count). The lowest BCUT2D eigenvalue weighted by molar-refractivity contribution is 0.0999. The number of nitrogens with two attached hydrogens (primary N) is 1. The maximum absolute atomic E-state index is 11.3. The Labute approximate surface area is 105 Å². The molecule has 0 aliphatic carbocycles. The van der Waals surface area contributed by atoms with Crippen molar-refractivity contribution in [2.24, 2.45) is 12.8 Å². The number of rotatable bonds is 2. The highest BCUT2D eigenvalue weighted by Crippen LogP contribution is 2.25. The van der Waals surface area contributed by atoms with E-state index in [-0.39, 0.29) is 0 Å². The smallest absolute Gasteiger partial charge is 0.250 e. The summed E-state index contributed by atoms with van der Waals surface area (Å²) in [6, 6.07) is 9.29. The van der Waals surface area contributed by atoms with E-state index in [9.17, 15) is 4.79 Å². The molecular weight excluding hydrogens is 236 g/mol. The van der Waals surface area contributed by atoms with Crippen molar-refractivity contribution in [3.63, 3.8) is 0 Å². The van der Waals surface area contributed by atoms with Crippen LogP contribution in [0.4, 0.5) is 0 Å². The number of hydrogen-bond donors (Lipinski definition) is 1. The van der Waals surface area contributed by atoms with Crippen molar-refractivity contribution in [3.05, 3.63) is 46.6 Å². The quantitative estimate of drug-likeness (QED) is 0.873. The fourth-order valence-corrected chi connectivity index (χ4v) is 1.97. The van der Waals surface area contributed by atoms with Crippen LogP contribution in [0.1, 0.15) is 16.1 Å². The summed E-state index contributed by atoms with van der Waals surface area (Å²) in [5, 5.41) is 0.690. The Morgan fingerprint density at radius 3 is 2.35 bits per heavy atom. The molecule has 2 aromatic rings. The molecule has 0 saturated heterocycles. The first-order valence-corrected chi connectivity index (χ1v) is 5.60. The van der Waals surface area contributed by atoms with E-state index in [0.717, 1.165) is 17.0 Å². The van der Waals surface area contributed by atoms with Gasteiger partial charge in [-0.2, -0.15) is 0 Å². The fourth-order valence-electron chi connectivity index (χ4n) is 1.85. The lowest BCUT2D eigenvalue weighted by Crippen LogP contribution is -2.11. The molecule has 1 aromatic heterocycles. The molecular formula is C13H13ClN2O. The Balaban J connectivity index is 2.56. The fraction of sp³-hybridized carbons (Fsp3) is 0.154. The number of aromatic nitrogens is 1. The van der Waals surface area contributed by atoms with Crippen molar-refractivity contribution in [3.8, 4) is 11.3 Å². The molecule has 0 aliphatic heterocycles. The zero-order chi connectivity index (χ0) is 12.6. The predicted octanol–water partition coefficient (Wildman–Crippen LogP) is 2.75. The number of carbonyl (C=O) groups is 1. The van der Waals surface area contributed by atoms with E-state index in [4.69, 9.17) is 17.3 Å². The SMILES string of the molecule is Cc1c(C(N)=O)cc(-c2ccc(Cl)cc2)n1C. The molecule has 0 spiro atoms. The highest BCUT2D eigenvalue weighted by molar-refractivity contribution is 6.30. The highest BCUT2D eigenvalue weighted by Gasteiger charge is 2.13. The Morgan fingerprint density at radius 1 is 1.29 bits per heavy atom. The van der Waals surface area contributed by atoms with Crippen molar-refractivity contribution in [2.45, 2.75) is 6.92 Å². The molecule has 0 fully saturated rings. The first kappa shape index (κ1) is 11.7. The van der Waals surface area contributed by atoms with Crippen LogP contribution in [0.25, 0.3) is 11.3 Å². The average Bonchev–Trinajstić information content (AvgIpc) is 2.58. The summed E-state index contributed by atoms with van der Waals surface area (Å²) in [5.41, 5.74) is 8.70. The van der Waals surface area contributed by atoms with Crippen molar-refractivity contribution < 1.29 is 4.79 Å². The third kappa shape index (κ3) is 2.06. The highest BCUT2D eigenvalue weighted by atomic mass is 35.5. The summed E-state index contributed by atoms with van der Waals surface area (Å²) in [6.45, 7) is 1.87. The van der Waals surface area contributed by atoms with Gasteiger partial charge in [0, 0.05) is 23.5 Å². The van der Waals surface area contributed by atoms with Gasteiger partial charge in [0.05, 0.1) is 5.56 Å². The molecule has 0 unspecified atom stereocenters. The third-order valence-corrected chi connectivity index (χ3v) is 3.19. The molecule has 1 heterocycles. The molecule has 88 valence electrons. The Morgan fingerprint density at radius 2 is 1.88 bits per heavy atom. The standard InChI is InChI=1S/C13H13ClN2O/c1-8-11(13(15)17)7-12(16(8)2)9-3-5-10(14)6-4-9/h3-7H,1-2H3,(H2,15,17). The van der Waals surface area contributed by atoms with Crippen LogP contribution < -0.4 is 5.73 Å². The number of primary amides is 1. The summed E-state index contributed by atoms with van der Waals surface area (Å²) in [5.74, 6) is -0.404. The predicted molar refractivity (Wildman–Crippen MR) is 69.1 cm³/mol. The number of hydrogen-bond acceptors (Lipinski definition) is 1. The van der Waals surface area contributed by atoms with Gasteiger partial charge in [-0.25, -0.2) is 0 Å². The van der Waals surface area contributed by atoms with Crippen molar-refractivity contribution in [2.75, 3.05) is 0 Å². The molecule has 17 heavy (non-hydrogen) atoms. The van der Waals surface area contributed by atoms with Crippen LogP contribution in [0, 0.1) is 6.92 Å². The van der Waals surface area contributed by atoms with Crippen LogP contribution in [0.15, 0.2) is 30.3 Å². The Bertz CT molecular complexity index is 570. The molecule has 4 heteroatoms. The summed E-state index contributed by atoms with van der Waals surface area (Å²) in [7, 11) is 1.91. The van der Waals surface area contributed by atoms with E-state index in [1.165, 1.54) is 0 Å². The minimum absolute atomic E-state index is 0.404. The molecule has 1 aromatic carbocycles. The van der Waals surface area contributed by atoms with Gasteiger partial charge in [-0.3, -0.25) is 4.79 Å². The van der Waals surface area contributed by atoms with Gasteiger partial charge in [-0.05, 0) is 30.7 Å². The van der Waals surface area contributed by atoms with Crippen LogP contribution in [0.2, 0.25) is 5.02 Å².